The van der Waals surface area contributed by atoms with Crippen molar-refractivity contribution in [3.63, 3.8) is 0 Å². The number of piperazine rings is 1. The molecule has 2 heterocycles. The van der Waals surface area contributed by atoms with Gasteiger partial charge in [-0.3, -0.25) is 14.9 Å². The van der Waals surface area contributed by atoms with Gasteiger partial charge in [-0.1, -0.05) is 24.3 Å². The summed E-state index contributed by atoms with van der Waals surface area (Å²) >= 11 is 0. The number of carbonyl (C=O) groups excluding carboxylic acids is 1. The second kappa shape index (κ2) is 7.95. The van der Waals surface area contributed by atoms with E-state index in [9.17, 15) is 14.9 Å². The standard InChI is InChI=1S/C22H24N4O3/c1-2-10-23-22(27)19-14-16-13-18(26(28)29)8-9-20(16)25-12-11-24(15-21(19)25)17-6-4-3-5-7-17/h2-9,13,19,21H,1,10-12,14-15H2,(H,23,27). The van der Waals surface area contributed by atoms with Crippen LogP contribution in [0, 0.1) is 16.0 Å². The number of nitro benzene ring substituents is 1. The number of hydrogen-bond donors (Lipinski definition) is 1. The third kappa shape index (κ3) is 3.68. The predicted octanol–water partition coefficient (Wildman–Crippen LogP) is 2.76. The van der Waals surface area contributed by atoms with Crippen LogP contribution in [0.15, 0.2) is 61.2 Å². The summed E-state index contributed by atoms with van der Waals surface area (Å²) in [7, 11) is 0. The SMILES string of the molecule is C=CCNC(=O)C1Cc2cc([N+](=O)[O-])ccc2N2CCN(c3ccccc3)CC12. The summed E-state index contributed by atoms with van der Waals surface area (Å²) in [5.41, 5.74) is 3.07. The number of anilines is 2. The number of nitrogens with zero attached hydrogens (tertiary/aromatic N) is 3. The van der Waals surface area contributed by atoms with Crippen molar-refractivity contribution < 1.29 is 9.72 Å². The van der Waals surface area contributed by atoms with Gasteiger partial charge in [-0.25, -0.2) is 0 Å². The highest BCUT2D eigenvalue weighted by Crippen LogP contribution is 2.38. The Hall–Kier alpha value is -3.35. The Morgan fingerprint density at radius 3 is 2.76 bits per heavy atom. The molecule has 1 amide bonds. The van der Waals surface area contributed by atoms with Crippen LogP contribution in [0.1, 0.15) is 5.56 Å². The highest BCUT2D eigenvalue weighted by molar-refractivity contribution is 5.82. The van der Waals surface area contributed by atoms with Crippen LogP contribution in [0.2, 0.25) is 0 Å². The van der Waals surface area contributed by atoms with Gasteiger partial charge in [0.25, 0.3) is 5.69 Å². The molecule has 1 N–H and O–H groups in total. The van der Waals surface area contributed by atoms with Crippen LogP contribution in [0.5, 0.6) is 0 Å². The second-order valence-electron chi connectivity index (χ2n) is 7.46. The van der Waals surface area contributed by atoms with E-state index in [4.69, 9.17) is 0 Å². The van der Waals surface area contributed by atoms with E-state index in [1.54, 1.807) is 18.2 Å². The van der Waals surface area contributed by atoms with E-state index in [-0.39, 0.29) is 28.5 Å². The molecule has 1 saturated heterocycles. The van der Waals surface area contributed by atoms with Crippen molar-refractivity contribution in [3.8, 4) is 0 Å². The zero-order chi connectivity index (χ0) is 20.4. The van der Waals surface area contributed by atoms with Gasteiger partial charge >= 0.3 is 0 Å². The van der Waals surface area contributed by atoms with Crippen molar-refractivity contribution in [2.45, 2.75) is 12.5 Å². The molecular formula is C22H24N4O3. The molecule has 2 aromatic carbocycles. The summed E-state index contributed by atoms with van der Waals surface area (Å²) in [5.74, 6) is -0.317. The van der Waals surface area contributed by atoms with Crippen LogP contribution in [-0.2, 0) is 11.2 Å². The lowest BCUT2D eigenvalue weighted by Gasteiger charge is -2.49. The van der Waals surface area contributed by atoms with E-state index in [0.717, 1.165) is 36.6 Å². The lowest BCUT2D eigenvalue weighted by atomic mass is 9.83. The minimum atomic E-state index is -0.382. The molecule has 7 heteroatoms. The van der Waals surface area contributed by atoms with Crippen molar-refractivity contribution in [2.75, 3.05) is 36.0 Å². The van der Waals surface area contributed by atoms with Crippen LogP contribution < -0.4 is 15.1 Å². The van der Waals surface area contributed by atoms with Gasteiger partial charge in [-0.2, -0.15) is 0 Å². The molecule has 0 saturated carbocycles. The first kappa shape index (κ1) is 19.0. The summed E-state index contributed by atoms with van der Waals surface area (Å²) in [4.78, 5) is 28.3. The average molecular weight is 392 g/mol. The summed E-state index contributed by atoms with van der Waals surface area (Å²) in [6.45, 7) is 6.40. The van der Waals surface area contributed by atoms with Gasteiger partial charge in [0.1, 0.15) is 0 Å². The fourth-order valence-electron chi connectivity index (χ4n) is 4.40. The Balaban J connectivity index is 1.67. The molecule has 7 nitrogen and oxygen atoms in total. The molecule has 2 aliphatic heterocycles. The maximum Gasteiger partial charge on any atom is 0.269 e. The molecule has 0 radical (unpaired) electrons. The number of fused-ring (bicyclic) bond motifs is 3. The highest BCUT2D eigenvalue weighted by Gasteiger charge is 2.41. The first-order valence-electron chi connectivity index (χ1n) is 9.81. The van der Waals surface area contributed by atoms with Crippen molar-refractivity contribution in [2.24, 2.45) is 5.92 Å². The molecular weight excluding hydrogens is 368 g/mol. The van der Waals surface area contributed by atoms with Gasteiger partial charge in [0.15, 0.2) is 0 Å². The number of rotatable bonds is 5. The third-order valence-corrected chi connectivity index (χ3v) is 5.78. The van der Waals surface area contributed by atoms with Crippen LogP contribution in [0.4, 0.5) is 17.1 Å². The van der Waals surface area contributed by atoms with Gasteiger partial charge in [-0.05, 0) is 30.2 Å². The van der Waals surface area contributed by atoms with E-state index in [1.807, 2.05) is 24.3 Å². The molecule has 29 heavy (non-hydrogen) atoms. The molecule has 0 aromatic heterocycles. The average Bonchev–Trinajstić information content (AvgIpc) is 2.76. The summed E-state index contributed by atoms with van der Waals surface area (Å²) in [5, 5.41) is 14.1. The smallest absolute Gasteiger partial charge is 0.269 e. The molecule has 2 aliphatic rings. The van der Waals surface area contributed by atoms with Crippen molar-refractivity contribution in [1.82, 2.24) is 5.32 Å². The number of hydrogen-bond acceptors (Lipinski definition) is 5. The van der Waals surface area contributed by atoms with Crippen molar-refractivity contribution in [3.05, 3.63) is 76.9 Å². The van der Waals surface area contributed by atoms with E-state index in [2.05, 4.69) is 33.8 Å². The van der Waals surface area contributed by atoms with Gasteiger partial charge in [0.05, 0.1) is 16.9 Å². The fraction of sp³-hybridized carbons (Fsp3) is 0.318. The van der Waals surface area contributed by atoms with E-state index < -0.39 is 0 Å². The third-order valence-electron chi connectivity index (χ3n) is 5.78. The fourth-order valence-corrected chi connectivity index (χ4v) is 4.40. The Labute approximate surface area is 169 Å². The summed E-state index contributed by atoms with van der Waals surface area (Å²) < 4.78 is 0. The lowest BCUT2D eigenvalue weighted by Crippen LogP contribution is -2.61. The van der Waals surface area contributed by atoms with Gasteiger partial charge < -0.3 is 15.1 Å². The van der Waals surface area contributed by atoms with Crippen molar-refractivity contribution >= 4 is 23.0 Å². The molecule has 150 valence electrons. The summed E-state index contributed by atoms with van der Waals surface area (Å²) in [6, 6.07) is 15.2. The number of amides is 1. The predicted molar refractivity (Wildman–Crippen MR) is 113 cm³/mol. The van der Waals surface area contributed by atoms with Crippen LogP contribution >= 0.6 is 0 Å². The van der Waals surface area contributed by atoms with Gasteiger partial charge in [0.2, 0.25) is 5.91 Å². The monoisotopic (exact) mass is 392 g/mol. The highest BCUT2D eigenvalue weighted by atomic mass is 16.6. The molecule has 0 aliphatic carbocycles. The number of nitro groups is 1. The number of benzene rings is 2. The zero-order valence-electron chi connectivity index (χ0n) is 16.2. The number of non-ortho nitro benzene ring substituents is 1. The van der Waals surface area contributed by atoms with E-state index >= 15 is 0 Å². The summed E-state index contributed by atoms with van der Waals surface area (Å²) in [6.07, 6.45) is 2.15. The lowest BCUT2D eigenvalue weighted by molar-refractivity contribution is -0.384. The second-order valence-corrected chi connectivity index (χ2v) is 7.46. The van der Waals surface area contributed by atoms with E-state index in [1.165, 1.54) is 0 Å². The van der Waals surface area contributed by atoms with Crippen LogP contribution in [0.25, 0.3) is 0 Å². The Kier molecular flexibility index (Phi) is 5.20. The molecule has 2 unspecified atom stereocenters. The molecule has 0 bridgehead atoms. The number of para-hydroxylation sites is 1. The Bertz CT molecular complexity index is 931. The maximum atomic E-state index is 12.9. The Morgan fingerprint density at radius 1 is 1.24 bits per heavy atom. The minimum absolute atomic E-state index is 0.00253. The number of nitrogens with one attached hydrogen (secondary N) is 1. The molecule has 1 fully saturated rings. The zero-order valence-corrected chi connectivity index (χ0v) is 16.2. The molecule has 2 atom stereocenters. The normalized spacial score (nSPS) is 20.4. The molecule has 4 rings (SSSR count). The first-order chi connectivity index (χ1) is 14.1. The largest absolute Gasteiger partial charge is 0.368 e. The quantitative estimate of drug-likeness (QED) is 0.481. The number of carbonyl (C=O) groups is 1. The van der Waals surface area contributed by atoms with Gasteiger partial charge in [0, 0.05) is 49.7 Å². The van der Waals surface area contributed by atoms with Crippen molar-refractivity contribution in [1.29, 1.82) is 0 Å². The topological polar surface area (TPSA) is 78.7 Å². The minimum Gasteiger partial charge on any atom is -0.368 e. The van der Waals surface area contributed by atoms with Gasteiger partial charge in [-0.15, -0.1) is 6.58 Å². The molecule has 0 spiro atoms. The van der Waals surface area contributed by atoms with E-state index in [0.29, 0.717) is 13.0 Å². The molecule has 2 aromatic rings. The maximum absolute atomic E-state index is 12.9. The first-order valence-corrected chi connectivity index (χ1v) is 9.81. The van der Waals surface area contributed by atoms with Crippen LogP contribution in [0.3, 0.4) is 0 Å². The Morgan fingerprint density at radius 2 is 2.03 bits per heavy atom. The van der Waals surface area contributed by atoms with Crippen LogP contribution in [-0.4, -0.2) is 43.1 Å².